The maximum atomic E-state index is 10.7. The van der Waals surface area contributed by atoms with Crippen molar-refractivity contribution in [2.24, 2.45) is 0 Å². The number of rotatable bonds is 11. The third-order valence-electron chi connectivity index (χ3n) is 6.15. The quantitative estimate of drug-likeness (QED) is 0.220. The first-order valence-electron chi connectivity index (χ1n) is 12.2. The van der Waals surface area contributed by atoms with Gasteiger partial charge in [-0.25, -0.2) is 4.79 Å². The number of aromatic nitrogens is 2. The average molecular weight is 485 g/mol. The monoisotopic (exact) mass is 484 g/mol. The van der Waals surface area contributed by atoms with Crippen molar-refractivity contribution in [2.75, 3.05) is 13.2 Å². The lowest BCUT2D eigenvalue weighted by atomic mass is 10.0. The molecule has 0 unspecified atom stereocenters. The number of carboxylic acid groups (broad SMARTS) is 1. The van der Waals surface area contributed by atoms with Gasteiger partial charge in [0.25, 0.3) is 0 Å². The molecule has 7 nitrogen and oxygen atoms in total. The lowest BCUT2D eigenvalue weighted by Crippen LogP contribution is -2.09. The molecular formula is C29H28N2O5. The molecule has 0 aliphatic heterocycles. The summed E-state index contributed by atoms with van der Waals surface area (Å²) < 4.78 is 19.5. The highest BCUT2D eigenvalue weighted by Gasteiger charge is 2.17. The molecule has 0 fully saturated rings. The normalized spacial score (nSPS) is 11.2. The Balaban J connectivity index is 1.26. The van der Waals surface area contributed by atoms with E-state index in [0.717, 1.165) is 70.2 Å². The maximum Gasteiger partial charge on any atom is 0.341 e. The van der Waals surface area contributed by atoms with Crippen LogP contribution in [0.1, 0.15) is 25.3 Å². The Labute approximate surface area is 208 Å². The fourth-order valence-corrected chi connectivity index (χ4v) is 4.49. The highest BCUT2D eigenvalue weighted by Crippen LogP contribution is 2.35. The number of carboxylic acids is 1. The molecule has 5 aromatic rings. The summed E-state index contributed by atoms with van der Waals surface area (Å²) in [5.74, 6) is 0.402. The van der Waals surface area contributed by atoms with Gasteiger partial charge in [0.2, 0.25) is 0 Å². The smallest absolute Gasteiger partial charge is 0.341 e. The summed E-state index contributed by atoms with van der Waals surface area (Å²) in [6.45, 7) is 3.16. The molecule has 0 spiro atoms. The van der Waals surface area contributed by atoms with Crippen LogP contribution in [0, 0.1) is 0 Å². The molecule has 0 saturated carbocycles. The molecule has 2 heterocycles. The van der Waals surface area contributed by atoms with E-state index in [1.165, 1.54) is 0 Å². The van der Waals surface area contributed by atoms with Gasteiger partial charge in [-0.3, -0.25) is 0 Å². The molecule has 0 aliphatic carbocycles. The van der Waals surface area contributed by atoms with Gasteiger partial charge in [-0.15, -0.1) is 0 Å². The zero-order valence-corrected chi connectivity index (χ0v) is 20.1. The van der Waals surface area contributed by atoms with Crippen LogP contribution in [0.5, 0.6) is 11.5 Å². The number of nitrogens with zero attached hydrogens (tertiary/aromatic N) is 2. The molecule has 1 N–H and O–H groups in total. The zero-order valence-electron chi connectivity index (χ0n) is 20.1. The Morgan fingerprint density at radius 2 is 1.92 bits per heavy atom. The van der Waals surface area contributed by atoms with Crippen LogP contribution >= 0.6 is 0 Å². The summed E-state index contributed by atoms with van der Waals surface area (Å²) in [4.78, 5) is 10.7. The van der Waals surface area contributed by atoms with E-state index in [1.54, 1.807) is 6.07 Å². The maximum absolute atomic E-state index is 10.7. The summed E-state index contributed by atoms with van der Waals surface area (Å²) in [5.41, 5.74) is 4.81. The van der Waals surface area contributed by atoms with Crippen molar-refractivity contribution < 1.29 is 23.9 Å². The van der Waals surface area contributed by atoms with E-state index >= 15 is 0 Å². The Morgan fingerprint density at radius 3 is 2.72 bits per heavy atom. The molecular weight excluding hydrogens is 456 g/mol. The fraction of sp³-hybridized carbons (Fsp3) is 0.241. The van der Waals surface area contributed by atoms with Crippen LogP contribution in [0.4, 0.5) is 0 Å². The SMILES string of the molecule is CCCc1c(OCCCn2ccc3cc(OCC(=O)O)ccc32)ccc2c(-c3ccccc3)noc12. The van der Waals surface area contributed by atoms with Crippen molar-refractivity contribution in [3.8, 4) is 22.8 Å². The van der Waals surface area contributed by atoms with E-state index in [1.807, 2.05) is 66.9 Å². The lowest BCUT2D eigenvalue weighted by molar-refractivity contribution is -0.139. The van der Waals surface area contributed by atoms with Crippen LogP contribution in [0.3, 0.4) is 0 Å². The highest BCUT2D eigenvalue weighted by molar-refractivity contribution is 5.94. The van der Waals surface area contributed by atoms with Crippen molar-refractivity contribution in [1.29, 1.82) is 0 Å². The Morgan fingerprint density at radius 1 is 1.06 bits per heavy atom. The van der Waals surface area contributed by atoms with Gasteiger partial charge in [0.15, 0.2) is 12.2 Å². The van der Waals surface area contributed by atoms with Crippen LogP contribution < -0.4 is 9.47 Å². The van der Waals surface area contributed by atoms with Gasteiger partial charge in [0.05, 0.1) is 12.0 Å². The molecule has 36 heavy (non-hydrogen) atoms. The molecule has 0 saturated heterocycles. The van der Waals surface area contributed by atoms with Crippen molar-refractivity contribution in [3.05, 3.63) is 78.5 Å². The minimum Gasteiger partial charge on any atom is -0.493 e. The summed E-state index contributed by atoms with van der Waals surface area (Å²) in [6.07, 6.45) is 4.69. The molecule has 0 amide bonds. The number of hydrogen-bond donors (Lipinski definition) is 1. The predicted molar refractivity (Wildman–Crippen MR) is 139 cm³/mol. The third-order valence-corrected chi connectivity index (χ3v) is 6.15. The largest absolute Gasteiger partial charge is 0.493 e. The predicted octanol–water partition coefficient (Wildman–Crippen LogP) is 6.33. The second-order valence-corrected chi connectivity index (χ2v) is 8.68. The third kappa shape index (κ3) is 4.91. The van der Waals surface area contributed by atoms with E-state index in [4.69, 9.17) is 19.1 Å². The lowest BCUT2D eigenvalue weighted by Gasteiger charge is -2.12. The van der Waals surface area contributed by atoms with Gasteiger partial charge in [0.1, 0.15) is 17.2 Å². The number of benzene rings is 3. The van der Waals surface area contributed by atoms with E-state index in [2.05, 4.69) is 16.6 Å². The summed E-state index contributed by atoms with van der Waals surface area (Å²) in [5, 5.41) is 15.2. The van der Waals surface area contributed by atoms with Crippen molar-refractivity contribution in [2.45, 2.75) is 32.7 Å². The van der Waals surface area contributed by atoms with Gasteiger partial charge in [-0.1, -0.05) is 48.8 Å². The van der Waals surface area contributed by atoms with E-state index < -0.39 is 5.97 Å². The van der Waals surface area contributed by atoms with Crippen LogP contribution in [0.2, 0.25) is 0 Å². The molecule has 0 atom stereocenters. The first-order valence-corrected chi connectivity index (χ1v) is 12.2. The number of ether oxygens (including phenoxy) is 2. The molecule has 184 valence electrons. The molecule has 5 rings (SSSR count). The standard InChI is InChI=1S/C29H28N2O5/c1-2-7-23-26(13-11-24-28(30-36-29(23)24)20-8-4-3-5-9-20)34-17-6-15-31-16-14-21-18-22(10-12-25(21)31)35-19-27(32)33/h3-5,8-14,16,18H,2,6-7,15,17,19H2,1H3,(H,32,33). The number of fused-ring (bicyclic) bond motifs is 2. The molecule has 0 aliphatic rings. The van der Waals surface area contributed by atoms with Gasteiger partial charge < -0.3 is 23.7 Å². The second-order valence-electron chi connectivity index (χ2n) is 8.68. The topological polar surface area (TPSA) is 86.7 Å². The van der Waals surface area contributed by atoms with E-state index in [-0.39, 0.29) is 6.61 Å². The number of aryl methyl sites for hydroxylation is 2. The van der Waals surface area contributed by atoms with Crippen molar-refractivity contribution in [3.63, 3.8) is 0 Å². The van der Waals surface area contributed by atoms with Gasteiger partial charge >= 0.3 is 5.97 Å². The van der Waals surface area contributed by atoms with Crippen molar-refractivity contribution >= 4 is 27.8 Å². The number of hydrogen-bond acceptors (Lipinski definition) is 5. The van der Waals surface area contributed by atoms with Gasteiger partial charge in [-0.05, 0) is 49.2 Å². The van der Waals surface area contributed by atoms with E-state index in [9.17, 15) is 4.79 Å². The summed E-state index contributed by atoms with van der Waals surface area (Å²) >= 11 is 0. The zero-order chi connectivity index (χ0) is 24.9. The summed E-state index contributed by atoms with van der Waals surface area (Å²) in [6, 6.07) is 21.7. The Kier molecular flexibility index (Phi) is 6.89. The minimum atomic E-state index is -0.992. The molecule has 3 aromatic carbocycles. The van der Waals surface area contributed by atoms with Crippen LogP contribution in [-0.2, 0) is 17.8 Å². The minimum absolute atomic E-state index is 0.350. The van der Waals surface area contributed by atoms with Gasteiger partial charge in [0, 0.05) is 34.8 Å². The fourth-order valence-electron chi connectivity index (χ4n) is 4.49. The first-order chi connectivity index (χ1) is 17.6. The second kappa shape index (κ2) is 10.6. The van der Waals surface area contributed by atoms with Crippen LogP contribution in [-0.4, -0.2) is 34.0 Å². The van der Waals surface area contributed by atoms with Crippen LogP contribution in [0.25, 0.3) is 33.1 Å². The van der Waals surface area contributed by atoms with Crippen LogP contribution in [0.15, 0.2) is 77.4 Å². The number of aliphatic carboxylic acids is 1. The van der Waals surface area contributed by atoms with Gasteiger partial charge in [-0.2, -0.15) is 0 Å². The molecule has 7 heteroatoms. The Bertz CT molecular complexity index is 1490. The van der Waals surface area contributed by atoms with E-state index in [0.29, 0.717) is 12.4 Å². The molecule has 2 aromatic heterocycles. The first kappa shape index (κ1) is 23.5. The van der Waals surface area contributed by atoms with Crippen molar-refractivity contribution in [1.82, 2.24) is 9.72 Å². The number of carbonyl (C=O) groups is 1. The Hall–Kier alpha value is -4.26. The summed E-state index contributed by atoms with van der Waals surface area (Å²) in [7, 11) is 0. The molecule has 0 bridgehead atoms. The average Bonchev–Trinajstić information content (AvgIpc) is 3.51. The molecule has 0 radical (unpaired) electrons. The highest BCUT2D eigenvalue weighted by atomic mass is 16.5.